The van der Waals surface area contributed by atoms with E-state index in [1.165, 1.54) is 11.8 Å². The van der Waals surface area contributed by atoms with Crippen molar-refractivity contribution in [3.63, 3.8) is 0 Å². The Morgan fingerprint density at radius 1 is 1.38 bits per heavy atom. The molecule has 0 radical (unpaired) electrons. The van der Waals surface area contributed by atoms with Crippen molar-refractivity contribution in [2.24, 2.45) is 0 Å². The van der Waals surface area contributed by atoms with Gasteiger partial charge < -0.3 is 10.4 Å². The Labute approximate surface area is 137 Å². The van der Waals surface area contributed by atoms with Gasteiger partial charge in [0.25, 0.3) is 0 Å². The van der Waals surface area contributed by atoms with Gasteiger partial charge in [-0.15, -0.1) is 11.8 Å². The van der Waals surface area contributed by atoms with Gasteiger partial charge in [-0.25, -0.2) is 0 Å². The van der Waals surface area contributed by atoms with Gasteiger partial charge in [0.2, 0.25) is 5.91 Å². The van der Waals surface area contributed by atoms with Crippen LogP contribution in [0.15, 0.2) is 27.6 Å². The lowest BCUT2D eigenvalue weighted by Crippen LogP contribution is -2.44. The average molecular weight is 374 g/mol. The molecule has 0 atom stereocenters. The van der Waals surface area contributed by atoms with E-state index in [-0.39, 0.29) is 12.3 Å². The van der Waals surface area contributed by atoms with Crippen molar-refractivity contribution in [3.8, 4) is 0 Å². The average Bonchev–Trinajstić information content (AvgIpc) is 2.35. The van der Waals surface area contributed by atoms with E-state index in [9.17, 15) is 9.59 Å². The number of halogens is 1. The molecule has 21 heavy (non-hydrogen) atoms. The first-order valence-electron chi connectivity index (χ1n) is 6.61. The first kappa shape index (κ1) is 18.0. The molecule has 0 aromatic heterocycles. The minimum Gasteiger partial charge on any atom is -0.481 e. The van der Waals surface area contributed by atoms with Crippen LogP contribution >= 0.6 is 27.7 Å². The Morgan fingerprint density at radius 2 is 2.05 bits per heavy atom. The van der Waals surface area contributed by atoms with Crippen LogP contribution in [0, 0.1) is 6.92 Å². The molecule has 116 valence electrons. The number of carboxylic acid groups (broad SMARTS) is 1. The van der Waals surface area contributed by atoms with Crippen LogP contribution in [0.2, 0.25) is 0 Å². The molecule has 0 saturated carbocycles. The van der Waals surface area contributed by atoms with Gasteiger partial charge in [-0.1, -0.05) is 15.9 Å². The van der Waals surface area contributed by atoms with Gasteiger partial charge in [-0.05, 0) is 51.0 Å². The molecule has 1 amide bonds. The number of rotatable bonds is 7. The summed E-state index contributed by atoms with van der Waals surface area (Å²) in [6, 6.07) is 5.94. The van der Waals surface area contributed by atoms with Gasteiger partial charge in [0.05, 0.1) is 5.75 Å². The normalized spacial score (nSPS) is 11.2. The number of nitrogens with one attached hydrogen (secondary N) is 1. The molecular formula is C15H20BrNO3S. The fourth-order valence-corrected chi connectivity index (χ4v) is 3.10. The molecule has 0 heterocycles. The van der Waals surface area contributed by atoms with Crippen LogP contribution in [0.25, 0.3) is 0 Å². The number of hydrogen-bond acceptors (Lipinski definition) is 3. The summed E-state index contributed by atoms with van der Waals surface area (Å²) in [4.78, 5) is 23.6. The van der Waals surface area contributed by atoms with Crippen molar-refractivity contribution in [1.29, 1.82) is 0 Å². The van der Waals surface area contributed by atoms with Crippen LogP contribution in [-0.4, -0.2) is 28.3 Å². The molecule has 0 aliphatic rings. The summed E-state index contributed by atoms with van der Waals surface area (Å²) in [7, 11) is 0. The lowest BCUT2D eigenvalue weighted by atomic mass is 9.98. The first-order chi connectivity index (χ1) is 9.69. The standard InChI is InChI=1S/C15H20BrNO3S/c1-10-8-11(16)4-5-12(10)21-9-13(18)17-15(2,3)7-6-14(19)20/h4-5,8H,6-7,9H2,1-3H3,(H,17,18)(H,19,20). The van der Waals surface area contributed by atoms with E-state index in [2.05, 4.69) is 21.2 Å². The molecule has 0 fully saturated rings. The Morgan fingerprint density at radius 3 is 2.62 bits per heavy atom. The highest BCUT2D eigenvalue weighted by Crippen LogP contribution is 2.25. The van der Waals surface area contributed by atoms with Gasteiger partial charge >= 0.3 is 5.97 Å². The highest BCUT2D eigenvalue weighted by atomic mass is 79.9. The minimum absolute atomic E-state index is 0.0479. The molecule has 1 aromatic carbocycles. The summed E-state index contributed by atoms with van der Waals surface area (Å²) < 4.78 is 1.02. The minimum atomic E-state index is -0.850. The highest BCUT2D eigenvalue weighted by Gasteiger charge is 2.21. The van der Waals surface area contributed by atoms with Crippen molar-refractivity contribution in [1.82, 2.24) is 5.32 Å². The second-order valence-electron chi connectivity index (χ2n) is 5.52. The second kappa shape index (κ2) is 7.84. The van der Waals surface area contributed by atoms with Crippen molar-refractivity contribution < 1.29 is 14.7 Å². The maximum absolute atomic E-state index is 12.0. The number of thioether (sulfide) groups is 1. The molecule has 4 nitrogen and oxygen atoms in total. The zero-order chi connectivity index (χ0) is 16.0. The Balaban J connectivity index is 2.48. The number of carbonyl (C=O) groups is 2. The molecule has 0 spiro atoms. The summed E-state index contributed by atoms with van der Waals surface area (Å²) in [6.45, 7) is 5.68. The maximum atomic E-state index is 12.0. The van der Waals surface area contributed by atoms with Crippen LogP contribution in [0.3, 0.4) is 0 Å². The van der Waals surface area contributed by atoms with E-state index >= 15 is 0 Å². The summed E-state index contributed by atoms with van der Waals surface area (Å²) >= 11 is 4.89. The van der Waals surface area contributed by atoms with Crippen LogP contribution < -0.4 is 5.32 Å². The number of amides is 1. The third-order valence-corrected chi connectivity index (χ3v) is 4.61. The largest absolute Gasteiger partial charge is 0.481 e. The smallest absolute Gasteiger partial charge is 0.303 e. The third kappa shape index (κ3) is 7.00. The first-order valence-corrected chi connectivity index (χ1v) is 8.39. The van der Waals surface area contributed by atoms with Crippen LogP contribution in [0.5, 0.6) is 0 Å². The van der Waals surface area contributed by atoms with E-state index in [0.717, 1.165) is 14.9 Å². The molecule has 0 saturated heterocycles. The molecular weight excluding hydrogens is 354 g/mol. The van der Waals surface area contributed by atoms with Gasteiger partial charge in [0, 0.05) is 21.3 Å². The molecule has 1 aromatic rings. The van der Waals surface area contributed by atoms with Crippen molar-refractivity contribution in [2.75, 3.05) is 5.75 Å². The van der Waals surface area contributed by atoms with Crippen molar-refractivity contribution in [2.45, 2.75) is 44.0 Å². The summed E-state index contributed by atoms with van der Waals surface area (Å²) in [6.07, 6.45) is 0.461. The molecule has 0 aliphatic carbocycles. The van der Waals surface area contributed by atoms with Gasteiger partial charge in [-0.2, -0.15) is 0 Å². The fourth-order valence-electron chi connectivity index (χ4n) is 1.81. The Kier molecular flexibility index (Phi) is 6.74. The predicted molar refractivity (Wildman–Crippen MR) is 88.7 cm³/mol. The van der Waals surface area contributed by atoms with E-state index < -0.39 is 11.5 Å². The van der Waals surface area contributed by atoms with Crippen LogP contribution in [0.4, 0.5) is 0 Å². The summed E-state index contributed by atoms with van der Waals surface area (Å²) in [5, 5.41) is 11.6. The Hall–Kier alpha value is -1.01. The fraction of sp³-hybridized carbons (Fsp3) is 0.467. The van der Waals surface area contributed by atoms with Crippen LogP contribution in [-0.2, 0) is 9.59 Å². The number of aliphatic carboxylic acids is 1. The highest BCUT2D eigenvalue weighted by molar-refractivity contribution is 9.10. The quantitative estimate of drug-likeness (QED) is 0.716. The van der Waals surface area contributed by atoms with E-state index in [0.29, 0.717) is 12.2 Å². The van der Waals surface area contributed by atoms with E-state index in [1.54, 1.807) is 0 Å². The summed E-state index contributed by atoms with van der Waals surface area (Å²) in [5.41, 5.74) is 0.609. The topological polar surface area (TPSA) is 66.4 Å². The lowest BCUT2D eigenvalue weighted by molar-refractivity contribution is -0.137. The third-order valence-electron chi connectivity index (χ3n) is 2.94. The number of benzene rings is 1. The maximum Gasteiger partial charge on any atom is 0.303 e. The number of carbonyl (C=O) groups excluding carboxylic acids is 1. The van der Waals surface area contributed by atoms with E-state index in [4.69, 9.17) is 5.11 Å². The lowest BCUT2D eigenvalue weighted by Gasteiger charge is -2.25. The SMILES string of the molecule is Cc1cc(Br)ccc1SCC(=O)NC(C)(C)CCC(=O)O. The van der Waals surface area contributed by atoms with E-state index in [1.807, 2.05) is 39.0 Å². The number of hydrogen-bond donors (Lipinski definition) is 2. The van der Waals surface area contributed by atoms with Gasteiger partial charge in [0.15, 0.2) is 0 Å². The number of carboxylic acids is 1. The molecule has 2 N–H and O–H groups in total. The monoisotopic (exact) mass is 373 g/mol. The van der Waals surface area contributed by atoms with Crippen LogP contribution in [0.1, 0.15) is 32.3 Å². The predicted octanol–water partition coefficient (Wildman–Crippen LogP) is 3.61. The molecule has 0 aliphatic heterocycles. The van der Waals surface area contributed by atoms with Gasteiger partial charge in [0.1, 0.15) is 0 Å². The zero-order valence-corrected chi connectivity index (χ0v) is 14.8. The Bertz CT molecular complexity index is 532. The number of aryl methyl sites for hydroxylation is 1. The molecule has 1 rings (SSSR count). The van der Waals surface area contributed by atoms with Crippen molar-refractivity contribution in [3.05, 3.63) is 28.2 Å². The molecule has 6 heteroatoms. The zero-order valence-electron chi connectivity index (χ0n) is 12.4. The second-order valence-corrected chi connectivity index (χ2v) is 7.46. The summed E-state index contributed by atoms with van der Waals surface area (Å²) in [5.74, 6) is -0.617. The molecule has 0 unspecified atom stereocenters. The molecule has 0 bridgehead atoms. The van der Waals surface area contributed by atoms with Gasteiger partial charge in [-0.3, -0.25) is 9.59 Å². The van der Waals surface area contributed by atoms with Crippen molar-refractivity contribution >= 4 is 39.6 Å².